The van der Waals surface area contributed by atoms with E-state index in [-0.39, 0.29) is 6.54 Å². The number of aryl methyl sites for hydroxylation is 3. The van der Waals surface area contributed by atoms with Crippen molar-refractivity contribution in [1.82, 2.24) is 5.43 Å². The summed E-state index contributed by atoms with van der Waals surface area (Å²) in [6.07, 6.45) is 4.78. The number of nitrogens with one attached hydrogen (secondary N) is 1. The third kappa shape index (κ3) is 4.07. The minimum Gasteiger partial charge on any atom is -0.271 e. The molecule has 0 heterocycles. The number of sulfonamides is 1. The molecule has 0 unspecified atom stereocenters. The maximum absolute atomic E-state index is 12.4. The van der Waals surface area contributed by atoms with Gasteiger partial charge in [-0.25, -0.2) is 13.8 Å². The van der Waals surface area contributed by atoms with Gasteiger partial charge in [0.15, 0.2) is 0 Å². The summed E-state index contributed by atoms with van der Waals surface area (Å²) in [6, 6.07) is 17.3. The number of hydrogen-bond acceptors (Lipinski definition) is 4. The number of anilines is 1. The molecular formula is C23H23N3O3S. The van der Waals surface area contributed by atoms with Gasteiger partial charge >= 0.3 is 0 Å². The molecule has 1 N–H and O–H groups in total. The van der Waals surface area contributed by atoms with E-state index in [9.17, 15) is 13.2 Å². The van der Waals surface area contributed by atoms with Crippen molar-refractivity contribution in [3.8, 4) is 0 Å². The van der Waals surface area contributed by atoms with Crippen LogP contribution in [0, 0.1) is 6.92 Å². The van der Waals surface area contributed by atoms with Crippen molar-refractivity contribution in [3.63, 3.8) is 0 Å². The lowest BCUT2D eigenvalue weighted by Crippen LogP contribution is -2.39. The first-order valence-corrected chi connectivity index (χ1v) is 11.6. The van der Waals surface area contributed by atoms with Crippen molar-refractivity contribution in [2.75, 3.05) is 17.1 Å². The molecule has 1 aliphatic rings. The molecule has 0 saturated carbocycles. The highest BCUT2D eigenvalue weighted by Gasteiger charge is 2.20. The molecule has 0 atom stereocenters. The molecule has 3 aromatic carbocycles. The van der Waals surface area contributed by atoms with Gasteiger partial charge in [0.2, 0.25) is 10.0 Å². The highest BCUT2D eigenvalue weighted by atomic mass is 32.2. The topological polar surface area (TPSA) is 78.8 Å². The van der Waals surface area contributed by atoms with E-state index in [1.807, 2.05) is 19.1 Å². The predicted molar refractivity (Wildman–Crippen MR) is 120 cm³/mol. The Kier molecular flexibility index (Phi) is 5.30. The second kappa shape index (κ2) is 7.91. The third-order valence-corrected chi connectivity index (χ3v) is 6.45. The van der Waals surface area contributed by atoms with Crippen LogP contribution >= 0.6 is 0 Å². The predicted octanol–water partition coefficient (Wildman–Crippen LogP) is 3.16. The van der Waals surface area contributed by atoms with Gasteiger partial charge in [0.25, 0.3) is 5.91 Å². The Hall–Kier alpha value is -3.19. The molecular weight excluding hydrogens is 398 g/mol. The maximum atomic E-state index is 12.4. The molecule has 0 aliphatic heterocycles. The van der Waals surface area contributed by atoms with Crippen LogP contribution < -0.4 is 9.73 Å². The van der Waals surface area contributed by atoms with Gasteiger partial charge in [-0.3, -0.25) is 9.10 Å². The minimum atomic E-state index is -3.61. The van der Waals surface area contributed by atoms with Crippen LogP contribution in [0.15, 0.2) is 59.7 Å². The van der Waals surface area contributed by atoms with Gasteiger partial charge in [-0.15, -0.1) is 0 Å². The number of rotatable bonds is 6. The first-order valence-electron chi connectivity index (χ1n) is 9.73. The lowest BCUT2D eigenvalue weighted by Gasteiger charge is -2.21. The lowest BCUT2D eigenvalue weighted by atomic mass is 10.0. The number of carbonyl (C=O) groups excluding carboxylic acids is 1. The van der Waals surface area contributed by atoms with Crippen molar-refractivity contribution in [2.45, 2.75) is 19.8 Å². The van der Waals surface area contributed by atoms with Crippen LogP contribution in [0.4, 0.5) is 5.69 Å². The lowest BCUT2D eigenvalue weighted by molar-refractivity contribution is -0.119. The average molecular weight is 422 g/mol. The zero-order valence-electron chi connectivity index (χ0n) is 16.9. The SMILES string of the molecule is Cc1ccc(N(CC(=O)N/N=C\c2ccc3c4c(cccc24)CC3)S(C)(=O)=O)cc1. The van der Waals surface area contributed by atoms with Crippen molar-refractivity contribution in [3.05, 3.63) is 76.9 Å². The quantitative estimate of drug-likeness (QED) is 0.491. The van der Waals surface area contributed by atoms with Crippen LogP contribution in [0.5, 0.6) is 0 Å². The smallest absolute Gasteiger partial charge is 0.260 e. The Morgan fingerprint density at radius 3 is 2.47 bits per heavy atom. The molecule has 154 valence electrons. The summed E-state index contributed by atoms with van der Waals surface area (Å²) in [7, 11) is -3.61. The van der Waals surface area contributed by atoms with Crippen LogP contribution in [0.2, 0.25) is 0 Å². The van der Waals surface area contributed by atoms with E-state index in [2.05, 4.69) is 28.7 Å². The van der Waals surface area contributed by atoms with Crippen molar-refractivity contribution in [2.24, 2.45) is 5.10 Å². The standard InChI is InChI=1S/C23H23N3O3S/c1-16-6-12-20(13-7-16)26(30(2,28)29)15-22(27)25-24-14-19-11-10-18-9-8-17-4-3-5-21(19)23(17)18/h3-7,10-14H,8-9,15H2,1-2H3,(H,25,27)/b24-14-. The molecule has 0 bridgehead atoms. The molecule has 0 spiro atoms. The van der Waals surface area contributed by atoms with E-state index >= 15 is 0 Å². The fraction of sp³-hybridized carbons (Fsp3) is 0.217. The summed E-state index contributed by atoms with van der Waals surface area (Å²) in [5.74, 6) is -0.511. The minimum absolute atomic E-state index is 0.344. The molecule has 0 aromatic heterocycles. The first kappa shape index (κ1) is 20.1. The van der Waals surface area contributed by atoms with Crippen LogP contribution in [0.25, 0.3) is 10.8 Å². The van der Waals surface area contributed by atoms with Gasteiger partial charge in [0.1, 0.15) is 6.54 Å². The Morgan fingerprint density at radius 2 is 1.77 bits per heavy atom. The average Bonchev–Trinajstić information content (AvgIpc) is 3.13. The summed E-state index contributed by atoms with van der Waals surface area (Å²) in [4.78, 5) is 12.4. The van der Waals surface area contributed by atoms with Gasteiger partial charge in [-0.05, 0) is 53.8 Å². The Labute approximate surface area is 176 Å². The van der Waals surface area contributed by atoms with E-state index in [1.165, 1.54) is 16.5 Å². The fourth-order valence-electron chi connectivity index (χ4n) is 3.83. The number of nitrogens with zero attached hydrogens (tertiary/aromatic N) is 2. The van der Waals surface area contributed by atoms with E-state index in [4.69, 9.17) is 0 Å². The molecule has 7 heteroatoms. The van der Waals surface area contributed by atoms with Gasteiger partial charge < -0.3 is 0 Å². The number of carbonyl (C=O) groups is 1. The van der Waals surface area contributed by atoms with Gasteiger partial charge in [0.05, 0.1) is 18.2 Å². The Morgan fingerprint density at radius 1 is 1.07 bits per heavy atom. The summed E-state index contributed by atoms with van der Waals surface area (Å²) in [5.41, 5.74) is 7.48. The second-order valence-corrected chi connectivity index (χ2v) is 9.46. The Bertz CT molecular complexity index is 1240. The van der Waals surface area contributed by atoms with E-state index in [0.29, 0.717) is 5.69 Å². The van der Waals surface area contributed by atoms with Gasteiger partial charge in [-0.1, -0.05) is 48.0 Å². The molecule has 1 amide bonds. The Balaban J connectivity index is 1.50. The molecule has 0 saturated heterocycles. The zero-order valence-corrected chi connectivity index (χ0v) is 17.7. The second-order valence-electron chi connectivity index (χ2n) is 7.55. The van der Waals surface area contributed by atoms with E-state index < -0.39 is 15.9 Å². The van der Waals surface area contributed by atoms with Crippen LogP contribution in [-0.2, 0) is 27.7 Å². The molecule has 3 aromatic rings. The van der Waals surface area contributed by atoms with Crippen LogP contribution in [-0.4, -0.2) is 33.3 Å². The first-order chi connectivity index (χ1) is 14.3. The molecule has 30 heavy (non-hydrogen) atoms. The molecule has 6 nitrogen and oxygen atoms in total. The number of hydrazone groups is 1. The fourth-order valence-corrected chi connectivity index (χ4v) is 4.69. The summed E-state index contributed by atoms with van der Waals surface area (Å²) < 4.78 is 25.4. The summed E-state index contributed by atoms with van der Waals surface area (Å²) >= 11 is 0. The number of benzene rings is 3. The molecule has 4 rings (SSSR count). The number of hydrogen-bond donors (Lipinski definition) is 1. The molecule has 0 fully saturated rings. The monoisotopic (exact) mass is 421 g/mol. The van der Waals surface area contributed by atoms with E-state index in [1.54, 1.807) is 30.5 Å². The maximum Gasteiger partial charge on any atom is 0.260 e. The van der Waals surface area contributed by atoms with Crippen molar-refractivity contribution in [1.29, 1.82) is 0 Å². The third-order valence-electron chi connectivity index (χ3n) is 5.31. The van der Waals surface area contributed by atoms with E-state index in [0.717, 1.165) is 39.9 Å². The van der Waals surface area contributed by atoms with Crippen molar-refractivity contribution < 1.29 is 13.2 Å². The summed E-state index contributed by atoms with van der Waals surface area (Å²) in [6.45, 7) is 1.57. The normalized spacial score (nSPS) is 13.1. The highest BCUT2D eigenvalue weighted by Crippen LogP contribution is 2.32. The van der Waals surface area contributed by atoms with Crippen molar-refractivity contribution >= 4 is 38.6 Å². The molecule has 1 aliphatic carbocycles. The van der Waals surface area contributed by atoms with Gasteiger partial charge in [0, 0.05) is 5.56 Å². The largest absolute Gasteiger partial charge is 0.271 e. The zero-order chi connectivity index (χ0) is 21.3. The summed E-state index contributed by atoms with van der Waals surface area (Å²) in [5, 5.41) is 6.45. The van der Waals surface area contributed by atoms with Crippen LogP contribution in [0.1, 0.15) is 22.3 Å². The van der Waals surface area contributed by atoms with Crippen LogP contribution in [0.3, 0.4) is 0 Å². The highest BCUT2D eigenvalue weighted by molar-refractivity contribution is 7.92. The molecule has 0 radical (unpaired) electrons. The van der Waals surface area contributed by atoms with Gasteiger partial charge in [-0.2, -0.15) is 5.10 Å². The number of amides is 1.